The van der Waals surface area contributed by atoms with Crippen LogP contribution in [0.25, 0.3) is 11.0 Å². The van der Waals surface area contributed by atoms with Gasteiger partial charge in [-0.15, -0.1) is 24.0 Å². The second-order valence-corrected chi connectivity index (χ2v) is 7.06. The van der Waals surface area contributed by atoms with E-state index >= 15 is 0 Å². The van der Waals surface area contributed by atoms with Crippen molar-refractivity contribution in [3.05, 3.63) is 66.0 Å². The maximum Gasteiger partial charge on any atom is 0.191 e. The molecule has 0 spiro atoms. The number of aliphatic hydroxyl groups is 1. The third-order valence-electron chi connectivity index (χ3n) is 4.76. The van der Waals surface area contributed by atoms with Gasteiger partial charge < -0.3 is 20.3 Å². The summed E-state index contributed by atoms with van der Waals surface area (Å²) in [6.45, 7) is 8.37. The highest BCUT2D eigenvalue weighted by atomic mass is 127. The number of imidazole rings is 1. The van der Waals surface area contributed by atoms with Crippen LogP contribution in [0.1, 0.15) is 25.2 Å². The Balaban J connectivity index is 0.00000300. The fourth-order valence-corrected chi connectivity index (χ4v) is 3.23. The standard InChI is InChI=1S/C22H29N5O.HI/c1-4-23-21(25-16-22(3,28)18-10-6-5-7-11-18)24-14-15-27-17(2)26-19-12-8-9-13-20(19)27;/h5-13,28H,4,14-16H2,1-3H3,(H2,23,24,25);1H. The fourth-order valence-electron chi connectivity index (χ4n) is 3.23. The maximum absolute atomic E-state index is 10.8. The van der Waals surface area contributed by atoms with Crippen molar-refractivity contribution in [1.29, 1.82) is 0 Å². The Morgan fingerprint density at radius 2 is 1.79 bits per heavy atom. The molecule has 3 rings (SSSR count). The number of aryl methyl sites for hydroxylation is 1. The molecule has 0 aliphatic rings. The summed E-state index contributed by atoms with van der Waals surface area (Å²) in [5, 5.41) is 17.4. The van der Waals surface area contributed by atoms with Crippen LogP contribution in [0.3, 0.4) is 0 Å². The molecule has 0 aliphatic heterocycles. The highest BCUT2D eigenvalue weighted by molar-refractivity contribution is 14.0. The van der Waals surface area contributed by atoms with Gasteiger partial charge in [-0.3, -0.25) is 0 Å². The number of benzene rings is 2. The van der Waals surface area contributed by atoms with E-state index in [-0.39, 0.29) is 30.5 Å². The molecule has 2 aromatic carbocycles. The number of guanidine groups is 1. The van der Waals surface area contributed by atoms with Gasteiger partial charge in [-0.05, 0) is 38.5 Å². The van der Waals surface area contributed by atoms with Crippen molar-refractivity contribution < 1.29 is 5.11 Å². The van der Waals surface area contributed by atoms with Gasteiger partial charge >= 0.3 is 0 Å². The maximum atomic E-state index is 10.8. The summed E-state index contributed by atoms with van der Waals surface area (Å²) in [6, 6.07) is 17.8. The van der Waals surface area contributed by atoms with Crippen molar-refractivity contribution in [3.63, 3.8) is 0 Å². The van der Waals surface area contributed by atoms with Crippen LogP contribution in [-0.4, -0.2) is 40.3 Å². The van der Waals surface area contributed by atoms with E-state index in [1.807, 2.05) is 62.4 Å². The van der Waals surface area contributed by atoms with Gasteiger partial charge in [-0.2, -0.15) is 0 Å². The molecule has 1 aromatic heterocycles. The molecule has 0 amide bonds. The number of hydrogen-bond donors (Lipinski definition) is 3. The highest BCUT2D eigenvalue weighted by Crippen LogP contribution is 2.20. The van der Waals surface area contributed by atoms with Gasteiger partial charge in [0.2, 0.25) is 0 Å². The minimum absolute atomic E-state index is 0. The average molecular weight is 507 g/mol. The first kappa shape index (κ1) is 23.2. The smallest absolute Gasteiger partial charge is 0.191 e. The predicted octanol–water partition coefficient (Wildman–Crippen LogP) is 3.43. The Morgan fingerprint density at radius 3 is 2.52 bits per heavy atom. The molecule has 29 heavy (non-hydrogen) atoms. The summed E-state index contributed by atoms with van der Waals surface area (Å²) in [6.07, 6.45) is 0. The molecule has 0 radical (unpaired) electrons. The quantitative estimate of drug-likeness (QED) is 0.260. The largest absolute Gasteiger partial charge is 0.384 e. The third kappa shape index (κ3) is 5.93. The lowest BCUT2D eigenvalue weighted by Crippen LogP contribution is -2.40. The van der Waals surface area contributed by atoms with Gasteiger partial charge in [0.05, 0.1) is 17.6 Å². The van der Waals surface area contributed by atoms with E-state index in [1.54, 1.807) is 6.92 Å². The van der Waals surface area contributed by atoms with Crippen molar-refractivity contribution >= 4 is 41.0 Å². The zero-order chi connectivity index (χ0) is 20.0. The Morgan fingerprint density at radius 1 is 1.10 bits per heavy atom. The number of nitrogens with one attached hydrogen (secondary N) is 2. The molecule has 1 atom stereocenters. The minimum Gasteiger partial charge on any atom is -0.384 e. The highest BCUT2D eigenvalue weighted by Gasteiger charge is 2.22. The third-order valence-corrected chi connectivity index (χ3v) is 4.76. The Kier molecular flexibility index (Phi) is 8.45. The normalized spacial score (nSPS) is 13.6. The molecule has 6 nitrogen and oxygen atoms in total. The lowest BCUT2D eigenvalue weighted by molar-refractivity contribution is 0.0672. The van der Waals surface area contributed by atoms with Gasteiger partial charge in [0.15, 0.2) is 5.96 Å². The first-order valence-electron chi connectivity index (χ1n) is 9.73. The molecule has 3 N–H and O–H groups in total. The van der Waals surface area contributed by atoms with Crippen LogP contribution in [0.2, 0.25) is 0 Å². The molecule has 0 bridgehead atoms. The molecular weight excluding hydrogens is 477 g/mol. The zero-order valence-corrected chi connectivity index (χ0v) is 19.6. The summed E-state index contributed by atoms with van der Waals surface area (Å²) in [5.41, 5.74) is 1.99. The molecule has 1 unspecified atom stereocenters. The van der Waals surface area contributed by atoms with Crippen molar-refractivity contribution in [2.75, 3.05) is 19.6 Å². The van der Waals surface area contributed by atoms with Gasteiger partial charge in [0.1, 0.15) is 11.4 Å². The summed E-state index contributed by atoms with van der Waals surface area (Å²) in [7, 11) is 0. The summed E-state index contributed by atoms with van der Waals surface area (Å²) in [4.78, 5) is 9.19. The van der Waals surface area contributed by atoms with E-state index in [0.717, 1.165) is 35.5 Å². The second-order valence-electron chi connectivity index (χ2n) is 7.06. The molecule has 1 heterocycles. The SMILES string of the molecule is CCNC(=NCC(C)(O)c1ccccc1)NCCn1c(C)nc2ccccc21.I. The van der Waals surface area contributed by atoms with Crippen LogP contribution in [0, 0.1) is 6.92 Å². The van der Waals surface area contributed by atoms with E-state index in [2.05, 4.69) is 31.2 Å². The lowest BCUT2D eigenvalue weighted by atomic mass is 9.96. The molecular formula is C22H30IN5O. The zero-order valence-electron chi connectivity index (χ0n) is 17.2. The van der Waals surface area contributed by atoms with Crippen LogP contribution in [-0.2, 0) is 12.1 Å². The molecule has 0 aliphatic carbocycles. The summed E-state index contributed by atoms with van der Waals surface area (Å²) >= 11 is 0. The molecule has 0 saturated heterocycles. The number of hydrogen-bond acceptors (Lipinski definition) is 3. The van der Waals surface area contributed by atoms with E-state index in [0.29, 0.717) is 12.5 Å². The van der Waals surface area contributed by atoms with Crippen LogP contribution in [0.4, 0.5) is 0 Å². The second kappa shape index (κ2) is 10.6. The monoisotopic (exact) mass is 507 g/mol. The van der Waals surface area contributed by atoms with Crippen molar-refractivity contribution in [2.45, 2.75) is 32.9 Å². The number of fused-ring (bicyclic) bond motifs is 1. The van der Waals surface area contributed by atoms with Crippen LogP contribution in [0.15, 0.2) is 59.6 Å². The van der Waals surface area contributed by atoms with Crippen molar-refractivity contribution in [2.24, 2.45) is 4.99 Å². The number of para-hydroxylation sites is 2. The van der Waals surface area contributed by atoms with Gasteiger partial charge in [0, 0.05) is 19.6 Å². The lowest BCUT2D eigenvalue weighted by Gasteiger charge is -2.22. The number of aromatic nitrogens is 2. The van der Waals surface area contributed by atoms with Crippen LogP contribution >= 0.6 is 24.0 Å². The van der Waals surface area contributed by atoms with E-state index in [9.17, 15) is 5.11 Å². The van der Waals surface area contributed by atoms with Crippen molar-refractivity contribution in [1.82, 2.24) is 20.2 Å². The fraction of sp³-hybridized carbons (Fsp3) is 0.364. The number of halogens is 1. The predicted molar refractivity (Wildman–Crippen MR) is 130 cm³/mol. The molecule has 3 aromatic rings. The van der Waals surface area contributed by atoms with Crippen LogP contribution < -0.4 is 10.6 Å². The Bertz CT molecular complexity index is 937. The number of rotatable bonds is 7. The van der Waals surface area contributed by atoms with Gasteiger partial charge in [0.25, 0.3) is 0 Å². The number of nitrogens with zero attached hydrogens (tertiary/aromatic N) is 3. The van der Waals surface area contributed by atoms with E-state index < -0.39 is 5.60 Å². The average Bonchev–Trinajstić information content (AvgIpc) is 3.02. The Labute approximate surface area is 189 Å². The molecule has 0 saturated carbocycles. The van der Waals surface area contributed by atoms with E-state index in [4.69, 9.17) is 0 Å². The van der Waals surface area contributed by atoms with Crippen molar-refractivity contribution in [3.8, 4) is 0 Å². The summed E-state index contributed by atoms with van der Waals surface area (Å²) in [5.74, 6) is 1.69. The van der Waals surface area contributed by atoms with E-state index in [1.165, 1.54) is 0 Å². The first-order valence-corrected chi connectivity index (χ1v) is 9.73. The van der Waals surface area contributed by atoms with Gasteiger partial charge in [-0.1, -0.05) is 42.5 Å². The topological polar surface area (TPSA) is 74.5 Å². The minimum atomic E-state index is -1.01. The Hall–Kier alpha value is -2.13. The number of aliphatic imine (C=N–C) groups is 1. The van der Waals surface area contributed by atoms with Gasteiger partial charge in [-0.25, -0.2) is 9.98 Å². The molecule has 0 fully saturated rings. The summed E-state index contributed by atoms with van der Waals surface area (Å²) < 4.78 is 2.20. The molecule has 156 valence electrons. The first-order chi connectivity index (χ1) is 13.5. The van der Waals surface area contributed by atoms with Crippen LogP contribution in [0.5, 0.6) is 0 Å². The molecule has 7 heteroatoms.